The number of carbonyl (C=O) groups is 1. The molecule has 1 aromatic rings. The quantitative estimate of drug-likeness (QED) is 0.594. The molecule has 7 heteroatoms. The van der Waals surface area contributed by atoms with Crippen molar-refractivity contribution in [3.63, 3.8) is 0 Å². The molecule has 1 amide bonds. The number of nitrogens with zero attached hydrogens (tertiary/aromatic N) is 1. The van der Waals surface area contributed by atoms with Crippen molar-refractivity contribution in [2.24, 2.45) is 11.7 Å². The number of hydrogen-bond acceptors (Lipinski definition) is 3. The number of rotatable bonds is 7. The van der Waals surface area contributed by atoms with Gasteiger partial charge in [-0.15, -0.1) is 0 Å². The highest BCUT2D eigenvalue weighted by Gasteiger charge is 2.33. The minimum absolute atomic E-state index is 0.0514. The number of anilines is 1. The fraction of sp³-hybridized carbons (Fsp3) is 0.667. The van der Waals surface area contributed by atoms with E-state index in [-0.39, 0.29) is 12.1 Å². The maximum absolute atomic E-state index is 12.8. The Morgan fingerprint density at radius 2 is 1.79 bits per heavy atom. The molecule has 1 aliphatic rings. The smallest absolute Gasteiger partial charge is 0.416 e. The summed E-state index contributed by atoms with van der Waals surface area (Å²) >= 11 is 0. The fourth-order valence-corrected chi connectivity index (χ4v) is 3.97. The van der Waals surface area contributed by atoms with Crippen molar-refractivity contribution >= 4 is 11.8 Å². The third-order valence-corrected chi connectivity index (χ3v) is 5.55. The van der Waals surface area contributed by atoms with Gasteiger partial charge in [0.2, 0.25) is 0 Å². The van der Waals surface area contributed by atoms with E-state index in [1.54, 1.807) is 0 Å². The molecule has 0 saturated heterocycles. The number of unbranched alkanes of at least 4 members (excludes halogenated alkanes) is 1. The Hall–Kier alpha value is -1.76. The molecule has 2 N–H and O–H groups in total. The van der Waals surface area contributed by atoms with Crippen LogP contribution in [0, 0.1) is 5.92 Å². The second kappa shape index (κ2) is 10.1. The van der Waals surface area contributed by atoms with Gasteiger partial charge in [0.15, 0.2) is 0 Å². The molecular formula is C21H31F3N2O2. The van der Waals surface area contributed by atoms with Gasteiger partial charge in [0.1, 0.15) is 0 Å². The third kappa shape index (κ3) is 6.40. The van der Waals surface area contributed by atoms with Crippen LogP contribution < -0.4 is 10.6 Å². The monoisotopic (exact) mass is 400 g/mol. The highest BCUT2D eigenvalue weighted by molar-refractivity contribution is 5.88. The summed E-state index contributed by atoms with van der Waals surface area (Å²) in [5.74, 6) is 0.636. The second-order valence-electron chi connectivity index (χ2n) is 7.82. The highest BCUT2D eigenvalue weighted by Crippen LogP contribution is 2.35. The van der Waals surface area contributed by atoms with Gasteiger partial charge in [-0.25, -0.2) is 4.79 Å². The van der Waals surface area contributed by atoms with Gasteiger partial charge < -0.3 is 10.5 Å². The summed E-state index contributed by atoms with van der Waals surface area (Å²) in [6.07, 6.45) is 3.26. The molecule has 2 rings (SSSR count). The van der Waals surface area contributed by atoms with E-state index in [0.717, 1.165) is 63.5 Å². The van der Waals surface area contributed by atoms with Crippen molar-refractivity contribution in [1.82, 2.24) is 0 Å². The molecule has 1 aliphatic carbocycles. The molecule has 0 aromatic heterocycles. The fourth-order valence-electron chi connectivity index (χ4n) is 3.97. The van der Waals surface area contributed by atoms with E-state index >= 15 is 0 Å². The van der Waals surface area contributed by atoms with E-state index in [2.05, 4.69) is 0 Å². The second-order valence-corrected chi connectivity index (χ2v) is 7.82. The van der Waals surface area contributed by atoms with Crippen LogP contribution in [0.5, 0.6) is 0 Å². The first-order valence-electron chi connectivity index (χ1n) is 10.0. The first kappa shape index (κ1) is 22.5. The Labute approximate surface area is 165 Å². The van der Waals surface area contributed by atoms with Crippen molar-refractivity contribution < 1.29 is 22.7 Å². The van der Waals surface area contributed by atoms with Gasteiger partial charge in [-0.2, -0.15) is 13.2 Å². The van der Waals surface area contributed by atoms with Crippen LogP contribution in [0.25, 0.3) is 0 Å². The summed E-state index contributed by atoms with van der Waals surface area (Å²) in [5.41, 5.74) is 5.50. The Balaban J connectivity index is 1.97. The molecule has 0 heterocycles. The standard InChI is InChI=1S/C21H31F3N2O2/c1-15(25)5-3-4-6-16-7-11-18(12-8-16)26(20(27)28-2)19-13-9-17(10-14-19)21(22,23)24/h9-10,13-16,18H,3-8,11-12,25H2,1-2H3. The van der Waals surface area contributed by atoms with Crippen LogP contribution in [0.4, 0.5) is 23.7 Å². The zero-order valence-corrected chi connectivity index (χ0v) is 16.7. The molecule has 28 heavy (non-hydrogen) atoms. The predicted octanol–water partition coefficient (Wildman–Crippen LogP) is 5.74. The van der Waals surface area contributed by atoms with Crippen molar-refractivity contribution in [3.05, 3.63) is 29.8 Å². The molecule has 4 nitrogen and oxygen atoms in total. The lowest BCUT2D eigenvalue weighted by atomic mass is 9.82. The Morgan fingerprint density at radius 1 is 1.18 bits per heavy atom. The Kier molecular flexibility index (Phi) is 8.16. The van der Waals surface area contributed by atoms with E-state index in [1.807, 2.05) is 6.92 Å². The number of nitrogens with two attached hydrogens (primary N) is 1. The molecule has 0 bridgehead atoms. The zero-order valence-electron chi connectivity index (χ0n) is 16.7. The van der Waals surface area contributed by atoms with E-state index in [9.17, 15) is 18.0 Å². The van der Waals surface area contributed by atoms with Crippen molar-refractivity contribution in [1.29, 1.82) is 0 Å². The van der Waals surface area contributed by atoms with Gasteiger partial charge in [-0.1, -0.05) is 19.3 Å². The Morgan fingerprint density at radius 3 is 2.29 bits per heavy atom. The first-order chi connectivity index (χ1) is 13.2. The summed E-state index contributed by atoms with van der Waals surface area (Å²) < 4.78 is 43.3. The molecule has 0 spiro atoms. The molecule has 1 aromatic carbocycles. The minimum atomic E-state index is -4.39. The van der Waals surface area contributed by atoms with Crippen LogP contribution in [-0.2, 0) is 10.9 Å². The van der Waals surface area contributed by atoms with Crippen LogP contribution in [0.15, 0.2) is 24.3 Å². The summed E-state index contributed by atoms with van der Waals surface area (Å²) in [7, 11) is 1.30. The number of carbonyl (C=O) groups excluding carboxylic acids is 1. The van der Waals surface area contributed by atoms with E-state index in [0.29, 0.717) is 11.6 Å². The van der Waals surface area contributed by atoms with Crippen molar-refractivity contribution in [2.75, 3.05) is 12.0 Å². The van der Waals surface area contributed by atoms with Crippen LogP contribution in [0.3, 0.4) is 0 Å². The molecule has 1 atom stereocenters. The van der Waals surface area contributed by atoms with Crippen LogP contribution in [0.2, 0.25) is 0 Å². The first-order valence-corrected chi connectivity index (χ1v) is 10.0. The average Bonchev–Trinajstić information content (AvgIpc) is 2.66. The van der Waals surface area contributed by atoms with Gasteiger partial charge in [0.25, 0.3) is 0 Å². The molecule has 1 unspecified atom stereocenters. The predicted molar refractivity (Wildman–Crippen MR) is 104 cm³/mol. The normalized spacial score (nSPS) is 21.2. The lowest BCUT2D eigenvalue weighted by Gasteiger charge is -2.36. The Bertz CT molecular complexity index is 609. The maximum Gasteiger partial charge on any atom is 0.416 e. The molecule has 158 valence electrons. The number of halogens is 3. The highest BCUT2D eigenvalue weighted by atomic mass is 19.4. The van der Waals surface area contributed by atoms with E-state index < -0.39 is 17.8 Å². The third-order valence-electron chi connectivity index (χ3n) is 5.55. The molecular weight excluding hydrogens is 369 g/mol. The van der Waals surface area contributed by atoms with Gasteiger partial charge in [-0.3, -0.25) is 4.90 Å². The van der Waals surface area contributed by atoms with E-state index in [4.69, 9.17) is 10.5 Å². The summed E-state index contributed by atoms with van der Waals surface area (Å²) in [5, 5.41) is 0. The number of benzene rings is 1. The molecule has 0 aliphatic heterocycles. The number of methoxy groups -OCH3 is 1. The summed E-state index contributed by atoms with van der Waals surface area (Å²) in [6.45, 7) is 2.02. The number of alkyl halides is 3. The molecule has 1 saturated carbocycles. The summed E-state index contributed by atoms with van der Waals surface area (Å²) in [4.78, 5) is 13.8. The lowest BCUT2D eigenvalue weighted by Crippen LogP contribution is -2.42. The zero-order chi connectivity index (χ0) is 20.7. The lowest BCUT2D eigenvalue weighted by molar-refractivity contribution is -0.137. The molecule has 1 fully saturated rings. The number of ether oxygens (including phenoxy) is 1. The minimum Gasteiger partial charge on any atom is -0.452 e. The van der Waals surface area contributed by atoms with Gasteiger partial charge >= 0.3 is 12.3 Å². The van der Waals surface area contributed by atoms with Crippen molar-refractivity contribution in [3.8, 4) is 0 Å². The van der Waals surface area contributed by atoms with Crippen LogP contribution >= 0.6 is 0 Å². The van der Waals surface area contributed by atoms with Crippen LogP contribution in [0.1, 0.15) is 63.9 Å². The topological polar surface area (TPSA) is 55.6 Å². The van der Waals surface area contributed by atoms with E-state index in [1.165, 1.54) is 24.1 Å². The average molecular weight is 400 g/mol. The van der Waals surface area contributed by atoms with Gasteiger partial charge in [0, 0.05) is 17.8 Å². The van der Waals surface area contributed by atoms with Gasteiger partial charge in [0.05, 0.1) is 12.7 Å². The largest absolute Gasteiger partial charge is 0.452 e. The summed E-state index contributed by atoms with van der Waals surface area (Å²) in [6, 6.07) is 4.90. The number of amides is 1. The van der Waals surface area contributed by atoms with Crippen LogP contribution in [-0.4, -0.2) is 25.3 Å². The number of hydrogen-bond donors (Lipinski definition) is 1. The van der Waals surface area contributed by atoms with Gasteiger partial charge in [-0.05, 0) is 69.2 Å². The SMILES string of the molecule is COC(=O)N(c1ccc(C(F)(F)F)cc1)C1CCC(CCCCC(C)N)CC1. The maximum atomic E-state index is 12.8. The van der Waals surface area contributed by atoms with Crippen molar-refractivity contribution in [2.45, 2.75) is 76.6 Å². The molecule has 0 radical (unpaired) electrons.